The van der Waals surface area contributed by atoms with Crippen molar-refractivity contribution in [2.24, 2.45) is 0 Å². The van der Waals surface area contributed by atoms with Gasteiger partial charge in [0.05, 0.1) is 29.6 Å². The van der Waals surface area contributed by atoms with Crippen molar-refractivity contribution < 1.29 is 4.74 Å². The highest BCUT2D eigenvalue weighted by atomic mass is 16.5. The van der Waals surface area contributed by atoms with Crippen LogP contribution in [0.1, 0.15) is 18.5 Å². The maximum atomic E-state index is 6.13. The summed E-state index contributed by atoms with van der Waals surface area (Å²) in [6, 6.07) is 5.86. The number of pyridine rings is 2. The van der Waals surface area contributed by atoms with Gasteiger partial charge >= 0.3 is 0 Å². The zero-order valence-electron chi connectivity index (χ0n) is 18.1. The third kappa shape index (κ3) is 3.85. The number of hydrogen-bond acceptors (Lipinski definition) is 7. The lowest BCUT2D eigenvalue weighted by Gasteiger charge is -2.23. The van der Waals surface area contributed by atoms with Gasteiger partial charge in [-0.2, -0.15) is 5.10 Å². The quantitative estimate of drug-likeness (QED) is 0.383. The molecule has 5 aromatic rings. The zero-order chi connectivity index (χ0) is 22.2. The third-order valence-corrected chi connectivity index (χ3v) is 5.79. The molecule has 0 amide bonds. The summed E-state index contributed by atoms with van der Waals surface area (Å²) in [6.45, 7) is 3.92. The molecule has 6 rings (SSSR count). The van der Waals surface area contributed by atoms with Crippen LogP contribution >= 0.6 is 0 Å². The second-order valence-corrected chi connectivity index (χ2v) is 8.18. The van der Waals surface area contributed by atoms with Crippen molar-refractivity contribution in [1.82, 2.24) is 45.0 Å². The normalized spacial score (nSPS) is 14.7. The van der Waals surface area contributed by atoms with Crippen LogP contribution in [0.4, 0.5) is 0 Å². The Morgan fingerprint density at radius 1 is 1.12 bits per heavy atom. The van der Waals surface area contributed by atoms with E-state index >= 15 is 0 Å². The Kier molecular flexibility index (Phi) is 4.84. The summed E-state index contributed by atoms with van der Waals surface area (Å²) < 4.78 is 8.09. The lowest BCUT2D eigenvalue weighted by molar-refractivity contribution is 0.162. The summed E-state index contributed by atoms with van der Waals surface area (Å²) >= 11 is 0. The molecule has 0 radical (unpaired) electrons. The van der Waals surface area contributed by atoms with Crippen LogP contribution < -0.4 is 10.1 Å². The summed E-state index contributed by atoms with van der Waals surface area (Å²) in [7, 11) is 0. The van der Waals surface area contributed by atoms with Gasteiger partial charge in [0.15, 0.2) is 11.5 Å². The number of nitrogens with zero attached hydrogens (tertiary/aromatic N) is 6. The first-order valence-corrected chi connectivity index (χ1v) is 11.0. The highest BCUT2D eigenvalue weighted by molar-refractivity contribution is 5.83. The number of aryl methyl sites for hydroxylation is 1. The van der Waals surface area contributed by atoms with E-state index in [0.29, 0.717) is 11.5 Å². The van der Waals surface area contributed by atoms with E-state index in [0.717, 1.165) is 65.5 Å². The number of imidazole rings is 2. The van der Waals surface area contributed by atoms with E-state index in [1.807, 2.05) is 35.9 Å². The van der Waals surface area contributed by atoms with Crippen LogP contribution in [0.5, 0.6) is 5.75 Å². The molecule has 166 valence electrons. The van der Waals surface area contributed by atoms with Gasteiger partial charge in [-0.1, -0.05) is 0 Å². The molecule has 0 bridgehead atoms. The van der Waals surface area contributed by atoms with Gasteiger partial charge in [0.2, 0.25) is 0 Å². The van der Waals surface area contributed by atoms with Crippen molar-refractivity contribution in [2.75, 3.05) is 13.1 Å². The maximum Gasteiger partial charge on any atom is 0.180 e. The molecule has 33 heavy (non-hydrogen) atoms. The molecule has 0 spiro atoms. The summed E-state index contributed by atoms with van der Waals surface area (Å²) in [5, 5.41) is 10.9. The molecule has 6 heterocycles. The summed E-state index contributed by atoms with van der Waals surface area (Å²) in [5.41, 5.74) is 5.76. The molecule has 0 unspecified atom stereocenters. The number of aromatic nitrogens is 8. The van der Waals surface area contributed by atoms with Crippen LogP contribution in [0, 0.1) is 6.92 Å². The van der Waals surface area contributed by atoms with E-state index in [4.69, 9.17) is 4.74 Å². The predicted molar refractivity (Wildman–Crippen MR) is 123 cm³/mol. The maximum absolute atomic E-state index is 6.13. The van der Waals surface area contributed by atoms with Gasteiger partial charge in [0.25, 0.3) is 0 Å². The fraction of sp³-hybridized carbons (Fsp3) is 0.261. The van der Waals surface area contributed by atoms with Gasteiger partial charge in [-0.05, 0) is 51.1 Å². The number of hydrogen-bond donors (Lipinski definition) is 3. The fourth-order valence-corrected chi connectivity index (χ4v) is 4.11. The summed E-state index contributed by atoms with van der Waals surface area (Å²) in [4.78, 5) is 21.1. The Hall–Kier alpha value is -4.05. The second-order valence-electron chi connectivity index (χ2n) is 8.18. The molecule has 3 N–H and O–H groups in total. The molecular formula is C23H23N9O. The lowest BCUT2D eigenvalue weighted by atomic mass is 10.1. The van der Waals surface area contributed by atoms with E-state index in [9.17, 15) is 0 Å². The average molecular weight is 441 g/mol. The molecule has 0 atom stereocenters. The minimum atomic E-state index is 0.217. The van der Waals surface area contributed by atoms with Gasteiger partial charge in [-0.25, -0.2) is 15.0 Å². The molecule has 5 aromatic heterocycles. The van der Waals surface area contributed by atoms with Gasteiger partial charge in [0.1, 0.15) is 23.1 Å². The number of fused-ring (bicyclic) bond motifs is 1. The van der Waals surface area contributed by atoms with Crippen LogP contribution in [-0.2, 0) is 0 Å². The van der Waals surface area contributed by atoms with E-state index < -0.39 is 0 Å². The first-order chi connectivity index (χ1) is 16.2. The minimum Gasteiger partial charge on any atom is -0.489 e. The van der Waals surface area contributed by atoms with Gasteiger partial charge < -0.3 is 19.6 Å². The van der Waals surface area contributed by atoms with Gasteiger partial charge in [-0.3, -0.25) is 10.1 Å². The molecule has 0 aliphatic carbocycles. The number of H-pyrrole nitrogens is 2. The van der Waals surface area contributed by atoms with E-state index in [2.05, 4.69) is 40.4 Å². The Bertz CT molecular complexity index is 1410. The van der Waals surface area contributed by atoms with Gasteiger partial charge in [0, 0.05) is 24.2 Å². The smallest absolute Gasteiger partial charge is 0.180 e. The predicted octanol–water partition coefficient (Wildman–Crippen LogP) is 3.03. The van der Waals surface area contributed by atoms with Crippen molar-refractivity contribution in [3.05, 3.63) is 55.0 Å². The molecule has 0 saturated carbocycles. The molecule has 10 heteroatoms. The van der Waals surface area contributed by atoms with Crippen LogP contribution in [0.3, 0.4) is 0 Å². The Labute approximate surface area is 189 Å². The SMILES string of the molecule is Cc1cn(-c2ccnc3nc(-c4cc(-c5cncc(OC6CCNCC6)c5)n[nH]4)[nH]c23)cn1. The topological polar surface area (TPSA) is 122 Å². The molecule has 10 nitrogen and oxygen atoms in total. The Balaban J connectivity index is 1.29. The fourth-order valence-electron chi connectivity index (χ4n) is 4.11. The Morgan fingerprint density at radius 3 is 2.88 bits per heavy atom. The van der Waals surface area contributed by atoms with Crippen molar-refractivity contribution in [2.45, 2.75) is 25.9 Å². The van der Waals surface area contributed by atoms with Crippen LogP contribution in [0.2, 0.25) is 0 Å². The average Bonchev–Trinajstić information content (AvgIpc) is 3.59. The van der Waals surface area contributed by atoms with Crippen LogP contribution in [0.15, 0.2) is 49.3 Å². The third-order valence-electron chi connectivity index (χ3n) is 5.79. The second kappa shape index (κ2) is 8.14. The number of piperidine rings is 1. The highest BCUT2D eigenvalue weighted by Crippen LogP contribution is 2.27. The standard InChI is InChI=1S/C23H23N9O/c1-14-12-32(13-27-14)20-4-7-26-23-21(20)28-22(29-23)19-9-18(30-31-19)15-8-17(11-25-10-15)33-16-2-5-24-6-3-16/h4,7-13,16,24H,2-3,5-6H2,1H3,(H,30,31)(H,26,28,29). The molecule has 1 aliphatic rings. The molecule has 1 fully saturated rings. The number of rotatable bonds is 5. The molecular weight excluding hydrogens is 418 g/mol. The van der Waals surface area contributed by atoms with E-state index in [1.165, 1.54) is 0 Å². The van der Waals surface area contributed by atoms with Crippen molar-refractivity contribution in [3.8, 4) is 34.2 Å². The first-order valence-electron chi connectivity index (χ1n) is 11.0. The molecule has 0 aromatic carbocycles. The first kappa shape index (κ1) is 19.6. The van der Waals surface area contributed by atoms with E-state index in [-0.39, 0.29) is 6.10 Å². The van der Waals surface area contributed by atoms with Crippen molar-refractivity contribution in [3.63, 3.8) is 0 Å². The molecule has 1 saturated heterocycles. The minimum absolute atomic E-state index is 0.217. The zero-order valence-corrected chi connectivity index (χ0v) is 18.1. The van der Waals surface area contributed by atoms with Crippen molar-refractivity contribution >= 4 is 11.2 Å². The molecule has 1 aliphatic heterocycles. The highest BCUT2D eigenvalue weighted by Gasteiger charge is 2.17. The number of nitrogens with one attached hydrogen (secondary N) is 3. The largest absolute Gasteiger partial charge is 0.489 e. The van der Waals surface area contributed by atoms with Gasteiger partial charge in [-0.15, -0.1) is 0 Å². The van der Waals surface area contributed by atoms with Crippen LogP contribution in [0.25, 0.3) is 39.6 Å². The van der Waals surface area contributed by atoms with Crippen molar-refractivity contribution in [1.29, 1.82) is 0 Å². The Morgan fingerprint density at radius 2 is 2.03 bits per heavy atom. The number of ether oxygens (including phenoxy) is 1. The van der Waals surface area contributed by atoms with Crippen LogP contribution in [-0.4, -0.2) is 58.9 Å². The van der Waals surface area contributed by atoms with E-state index in [1.54, 1.807) is 24.9 Å². The number of aromatic amines is 2. The summed E-state index contributed by atoms with van der Waals surface area (Å²) in [5.74, 6) is 1.42. The lowest BCUT2D eigenvalue weighted by Crippen LogP contribution is -2.34. The monoisotopic (exact) mass is 441 g/mol. The summed E-state index contributed by atoms with van der Waals surface area (Å²) in [6.07, 6.45) is 11.2.